The number of carbonyl (C=O) groups excluding carboxylic acids is 2. The number of aryl methyl sites for hydroxylation is 2. The Hall–Kier alpha value is -3.93. The number of hydrogen-bond acceptors (Lipinski definition) is 3. The molecule has 34 heavy (non-hydrogen) atoms. The van der Waals surface area contributed by atoms with E-state index in [9.17, 15) is 9.59 Å². The maximum Gasteiger partial charge on any atom is 0.251 e. The Kier molecular flexibility index (Phi) is 6.12. The number of anilines is 1. The predicted octanol–water partition coefficient (Wildman–Crippen LogP) is 4.30. The molecule has 2 amide bonds. The zero-order chi connectivity index (χ0) is 23.5. The summed E-state index contributed by atoms with van der Waals surface area (Å²) in [6.45, 7) is 3.38. The van der Waals surface area contributed by atoms with Gasteiger partial charge in [-0.2, -0.15) is 0 Å². The molecule has 0 atom stereocenters. The van der Waals surface area contributed by atoms with E-state index in [1.165, 1.54) is 5.56 Å². The molecule has 6 nitrogen and oxygen atoms in total. The summed E-state index contributed by atoms with van der Waals surface area (Å²) in [5.74, 6) is 0.743. The normalized spacial score (nSPS) is 13.0. The third-order valence-corrected chi connectivity index (χ3v) is 6.39. The molecule has 3 aromatic carbocycles. The van der Waals surface area contributed by atoms with Gasteiger partial charge in [0, 0.05) is 30.8 Å². The van der Waals surface area contributed by atoms with Crippen molar-refractivity contribution in [3.05, 3.63) is 95.3 Å². The highest BCUT2D eigenvalue weighted by Gasteiger charge is 2.24. The number of para-hydroxylation sites is 3. The fraction of sp³-hybridized carbons (Fsp3) is 0.250. The zero-order valence-corrected chi connectivity index (χ0v) is 19.3. The minimum atomic E-state index is -0.108. The molecule has 1 N–H and O–H groups in total. The van der Waals surface area contributed by atoms with Crippen molar-refractivity contribution in [2.45, 2.75) is 32.7 Å². The summed E-state index contributed by atoms with van der Waals surface area (Å²) in [5, 5.41) is 2.98. The van der Waals surface area contributed by atoms with E-state index in [2.05, 4.69) is 11.4 Å². The number of benzene rings is 3. The highest BCUT2D eigenvalue weighted by molar-refractivity contribution is 5.95. The molecular formula is C28H28N4O2. The first-order valence-electron chi connectivity index (χ1n) is 11.8. The van der Waals surface area contributed by atoms with Crippen LogP contribution in [0.25, 0.3) is 11.0 Å². The Morgan fingerprint density at radius 1 is 0.971 bits per heavy atom. The molecule has 1 aromatic heterocycles. The summed E-state index contributed by atoms with van der Waals surface area (Å²) in [6.07, 6.45) is 2.50. The van der Waals surface area contributed by atoms with Crippen LogP contribution in [0.4, 0.5) is 5.69 Å². The van der Waals surface area contributed by atoms with Gasteiger partial charge < -0.3 is 14.8 Å². The van der Waals surface area contributed by atoms with E-state index >= 15 is 0 Å². The van der Waals surface area contributed by atoms with Gasteiger partial charge in [0.05, 0.1) is 11.0 Å². The van der Waals surface area contributed by atoms with Crippen LogP contribution in [-0.4, -0.2) is 34.5 Å². The number of nitrogens with one attached hydrogen (secondary N) is 1. The standard InChI is InChI=1S/C28H28N4O2/c1-20-12-14-22(15-13-20)28(34)29-17-16-26-30-23-9-3-5-11-25(23)32(26)19-27(33)31-18-6-8-21-7-2-4-10-24(21)31/h2-5,7,9-15H,6,8,16-19H2,1H3,(H,29,34). The van der Waals surface area contributed by atoms with Crippen molar-refractivity contribution in [1.29, 1.82) is 0 Å². The number of nitrogens with zero attached hydrogens (tertiary/aromatic N) is 3. The quantitative estimate of drug-likeness (QED) is 0.474. The van der Waals surface area contributed by atoms with Gasteiger partial charge in [-0.25, -0.2) is 4.98 Å². The lowest BCUT2D eigenvalue weighted by Gasteiger charge is -2.29. The van der Waals surface area contributed by atoms with E-state index < -0.39 is 0 Å². The first kappa shape index (κ1) is 21.9. The lowest BCUT2D eigenvalue weighted by Crippen LogP contribution is -2.38. The third kappa shape index (κ3) is 4.44. The number of fused-ring (bicyclic) bond motifs is 2. The van der Waals surface area contributed by atoms with Crippen LogP contribution in [0.1, 0.15) is 33.7 Å². The average Bonchev–Trinajstić information content (AvgIpc) is 3.21. The predicted molar refractivity (Wildman–Crippen MR) is 134 cm³/mol. The van der Waals surface area contributed by atoms with Gasteiger partial charge in [0.25, 0.3) is 5.91 Å². The molecule has 4 aromatic rings. The van der Waals surface area contributed by atoms with Crippen molar-refractivity contribution in [3.63, 3.8) is 0 Å². The molecule has 2 heterocycles. The molecule has 1 aliphatic rings. The summed E-state index contributed by atoms with van der Waals surface area (Å²) < 4.78 is 1.99. The van der Waals surface area contributed by atoms with Crippen LogP contribution < -0.4 is 10.2 Å². The Morgan fingerprint density at radius 2 is 1.74 bits per heavy atom. The molecule has 0 aliphatic carbocycles. The number of imidazole rings is 1. The Bertz CT molecular complexity index is 1340. The van der Waals surface area contributed by atoms with Gasteiger partial charge in [0.2, 0.25) is 5.91 Å². The van der Waals surface area contributed by atoms with Gasteiger partial charge in [0.1, 0.15) is 12.4 Å². The lowest BCUT2D eigenvalue weighted by atomic mass is 10.0. The fourth-order valence-electron chi connectivity index (χ4n) is 4.60. The van der Waals surface area contributed by atoms with E-state index in [1.54, 1.807) is 0 Å². The highest BCUT2D eigenvalue weighted by Crippen LogP contribution is 2.27. The maximum absolute atomic E-state index is 13.4. The number of amides is 2. The van der Waals surface area contributed by atoms with Crippen molar-refractivity contribution >= 4 is 28.5 Å². The highest BCUT2D eigenvalue weighted by atomic mass is 16.2. The first-order chi connectivity index (χ1) is 16.6. The van der Waals surface area contributed by atoms with Crippen LogP contribution in [0, 0.1) is 6.92 Å². The van der Waals surface area contributed by atoms with Gasteiger partial charge in [-0.3, -0.25) is 9.59 Å². The van der Waals surface area contributed by atoms with Crippen molar-refractivity contribution in [2.75, 3.05) is 18.0 Å². The van der Waals surface area contributed by atoms with E-state index in [0.717, 1.165) is 47.5 Å². The Balaban J connectivity index is 1.34. The SMILES string of the molecule is Cc1ccc(C(=O)NCCc2nc3ccccc3n2CC(=O)N2CCCc3ccccc32)cc1. The van der Waals surface area contributed by atoms with Crippen LogP contribution in [0.5, 0.6) is 0 Å². The number of rotatable bonds is 6. The summed E-state index contributed by atoms with van der Waals surface area (Å²) in [6, 6.07) is 23.5. The van der Waals surface area contributed by atoms with E-state index in [-0.39, 0.29) is 18.4 Å². The molecule has 6 heteroatoms. The molecule has 0 bridgehead atoms. The summed E-state index contributed by atoms with van der Waals surface area (Å²) in [7, 11) is 0. The molecule has 0 radical (unpaired) electrons. The monoisotopic (exact) mass is 452 g/mol. The second-order valence-corrected chi connectivity index (χ2v) is 8.75. The summed E-state index contributed by atoms with van der Waals surface area (Å²) in [4.78, 5) is 32.6. The van der Waals surface area contributed by atoms with E-state index in [0.29, 0.717) is 18.5 Å². The second-order valence-electron chi connectivity index (χ2n) is 8.75. The Morgan fingerprint density at radius 3 is 2.59 bits per heavy atom. The van der Waals surface area contributed by atoms with Crippen LogP contribution in [0.2, 0.25) is 0 Å². The van der Waals surface area contributed by atoms with Crippen molar-refractivity contribution in [3.8, 4) is 0 Å². The third-order valence-electron chi connectivity index (χ3n) is 6.39. The molecule has 0 saturated heterocycles. The first-order valence-corrected chi connectivity index (χ1v) is 11.8. The number of carbonyl (C=O) groups is 2. The van der Waals surface area contributed by atoms with Crippen LogP contribution in [0.3, 0.4) is 0 Å². The summed E-state index contributed by atoms with van der Waals surface area (Å²) >= 11 is 0. The number of hydrogen-bond donors (Lipinski definition) is 1. The minimum Gasteiger partial charge on any atom is -0.352 e. The van der Waals surface area contributed by atoms with Crippen molar-refractivity contribution < 1.29 is 9.59 Å². The zero-order valence-electron chi connectivity index (χ0n) is 19.3. The average molecular weight is 453 g/mol. The van der Waals surface area contributed by atoms with Gasteiger partial charge in [0.15, 0.2) is 0 Å². The van der Waals surface area contributed by atoms with Crippen LogP contribution in [-0.2, 0) is 24.2 Å². The molecule has 5 rings (SSSR count). The topological polar surface area (TPSA) is 67.2 Å². The van der Waals surface area contributed by atoms with Gasteiger partial charge in [-0.15, -0.1) is 0 Å². The molecule has 0 fully saturated rings. The minimum absolute atomic E-state index is 0.0558. The lowest BCUT2D eigenvalue weighted by molar-refractivity contribution is -0.119. The molecule has 0 saturated carbocycles. The summed E-state index contributed by atoms with van der Waals surface area (Å²) in [5.41, 5.74) is 5.77. The van der Waals surface area contributed by atoms with Crippen molar-refractivity contribution in [2.24, 2.45) is 0 Å². The van der Waals surface area contributed by atoms with Crippen LogP contribution in [0.15, 0.2) is 72.8 Å². The largest absolute Gasteiger partial charge is 0.352 e. The number of aromatic nitrogens is 2. The smallest absolute Gasteiger partial charge is 0.251 e. The fourth-order valence-corrected chi connectivity index (χ4v) is 4.60. The van der Waals surface area contributed by atoms with E-state index in [1.807, 2.05) is 83.1 Å². The molecule has 0 unspecified atom stereocenters. The molecule has 172 valence electrons. The molecule has 0 spiro atoms. The van der Waals surface area contributed by atoms with Gasteiger partial charge >= 0.3 is 0 Å². The van der Waals surface area contributed by atoms with Crippen LogP contribution >= 0.6 is 0 Å². The van der Waals surface area contributed by atoms with Gasteiger partial charge in [-0.05, 0) is 55.7 Å². The molecular weight excluding hydrogens is 424 g/mol. The Labute approximate surface area is 199 Å². The second kappa shape index (κ2) is 9.51. The molecule has 1 aliphatic heterocycles. The van der Waals surface area contributed by atoms with E-state index in [4.69, 9.17) is 4.98 Å². The van der Waals surface area contributed by atoms with Crippen molar-refractivity contribution in [1.82, 2.24) is 14.9 Å². The van der Waals surface area contributed by atoms with Gasteiger partial charge in [-0.1, -0.05) is 48.0 Å². The maximum atomic E-state index is 13.4.